The van der Waals surface area contributed by atoms with Crippen LogP contribution in [-0.2, 0) is 30.5 Å². The predicted octanol–water partition coefficient (Wildman–Crippen LogP) is 6.65. The number of carbonyl (C=O) groups is 1. The number of carbonyl (C=O) groups excluding carboxylic acids is 1. The molecule has 60 heavy (non-hydrogen) atoms. The molecule has 3 aromatic rings. The van der Waals surface area contributed by atoms with Crippen LogP contribution in [0.15, 0.2) is 95.8 Å². The number of nitrogens with zero attached hydrogens (tertiary/aromatic N) is 1. The zero-order chi connectivity index (χ0) is 43.5. The van der Waals surface area contributed by atoms with E-state index in [1.54, 1.807) is 12.1 Å². The molecule has 2 heterocycles. The van der Waals surface area contributed by atoms with Crippen LogP contribution in [-0.4, -0.2) is 68.8 Å². The predicted molar refractivity (Wildman–Crippen MR) is 223 cm³/mol. The van der Waals surface area contributed by atoms with Crippen LogP contribution >= 0.6 is 23.0 Å². The lowest BCUT2D eigenvalue weighted by molar-refractivity contribution is -0.438. The number of para-hydroxylation sites is 1. The van der Waals surface area contributed by atoms with Gasteiger partial charge < -0.3 is 44.0 Å². The topological polar surface area (TPSA) is 253 Å². The third-order valence-corrected chi connectivity index (χ3v) is 15.1. The molecule has 8 N–H and O–H groups in total. The zero-order valence-electron chi connectivity index (χ0n) is 33.1. The summed E-state index contributed by atoms with van der Waals surface area (Å²) < 4.78 is 53.8. The van der Waals surface area contributed by atoms with E-state index in [1.807, 2.05) is 30.3 Å². The number of allylic oxidation sites excluding steroid dienone is 4. The second kappa shape index (κ2) is 18.0. The minimum absolute atomic E-state index is 0.0531. The first-order chi connectivity index (χ1) is 28.2. The van der Waals surface area contributed by atoms with E-state index in [4.69, 9.17) is 19.3 Å². The minimum Gasteiger partial charge on any atom is -0.489 e. The van der Waals surface area contributed by atoms with Gasteiger partial charge in [-0.3, -0.25) is 23.7 Å². The molecule has 0 unspecified atom stereocenters. The Morgan fingerprint density at radius 3 is 2.30 bits per heavy atom. The largest absolute Gasteiger partial charge is 0.524 e. The second-order valence-corrected chi connectivity index (χ2v) is 20.7. The highest BCUT2D eigenvalue weighted by atomic mass is 31.2. The Bertz CT molecular complexity index is 2370. The molecule has 2 aliphatic heterocycles. The lowest BCUT2D eigenvalue weighted by atomic mass is 9.81. The average molecular weight is 888 g/mol. The molecule has 322 valence electrons. The zero-order valence-corrected chi connectivity index (χ0v) is 35.8. The highest BCUT2D eigenvalue weighted by Crippen LogP contribution is 2.69. The number of rotatable bonds is 18. The third kappa shape index (κ3) is 10.5. The van der Waals surface area contributed by atoms with Gasteiger partial charge in [0.25, 0.3) is 5.08 Å². The molecule has 6 rings (SSSR count). The number of ether oxygens (including phenoxy) is 2. The van der Waals surface area contributed by atoms with E-state index in [2.05, 4.69) is 58.6 Å². The average Bonchev–Trinajstić information content (AvgIpc) is 3.39. The molecule has 1 amide bonds. The molecule has 0 spiro atoms. The number of unbranched alkanes of at least 4 members (excludes halogenated alkanes) is 1. The van der Waals surface area contributed by atoms with Gasteiger partial charge in [-0.05, 0) is 99.1 Å². The molecule has 0 saturated carbocycles. The monoisotopic (exact) mass is 887 g/mol. The molecule has 0 aromatic heterocycles. The number of benzene rings is 3. The van der Waals surface area contributed by atoms with Crippen molar-refractivity contribution in [3.63, 3.8) is 0 Å². The first kappa shape index (κ1) is 45.4. The summed E-state index contributed by atoms with van der Waals surface area (Å²) >= 11 is 0. The smallest absolute Gasteiger partial charge is 0.489 e. The lowest BCUT2D eigenvalue weighted by Crippen LogP contribution is -2.31. The van der Waals surface area contributed by atoms with E-state index in [9.17, 15) is 43.2 Å². The van der Waals surface area contributed by atoms with Crippen molar-refractivity contribution in [3.8, 4) is 17.2 Å². The highest BCUT2D eigenvalue weighted by Gasteiger charge is 2.58. The Morgan fingerprint density at radius 2 is 1.60 bits per heavy atom. The fourth-order valence-corrected chi connectivity index (χ4v) is 10.3. The van der Waals surface area contributed by atoms with Crippen molar-refractivity contribution in [2.24, 2.45) is 0 Å². The summed E-state index contributed by atoms with van der Waals surface area (Å²) in [6.45, 7) is 5.08. The van der Waals surface area contributed by atoms with E-state index in [1.165, 1.54) is 17.7 Å². The van der Waals surface area contributed by atoms with E-state index in [0.29, 0.717) is 30.9 Å². The minimum atomic E-state index is -5.56. The van der Waals surface area contributed by atoms with Gasteiger partial charge in [0.05, 0.1) is 5.41 Å². The number of fused-ring (bicyclic) bond motifs is 3. The number of hydrogen-bond donors (Lipinski definition) is 8. The maximum atomic E-state index is 12.6. The molecule has 0 fully saturated rings. The Kier molecular flexibility index (Phi) is 13.6. The standard InChI is InChI=1S/C41H49N2O14P3/c1-40(2)34-11-3-4-12-35(34)43(24-6-5-13-38(44)42-23-8-22-41(45,58(46,47)48)59(49,50)51)37(40)21-17-29-9-7-10-31-25-30-16-20-33(26-36(30)56-39(29)31)55-27-28-14-18-32(19-15-28)57-60(52,53)54/h3-4,11-12,14-21,25-26,45H,5-10,13,22-24,27H2,1-2H3,(H6-,42,44,46,47,48,49,50,51,52,53,54)/p+1/b21-17+. The van der Waals surface area contributed by atoms with Crippen LogP contribution in [0, 0.1) is 0 Å². The number of phosphoric ester groups is 1. The molecule has 3 aromatic carbocycles. The third-order valence-electron chi connectivity index (χ3n) is 10.8. The molecular weight excluding hydrogens is 837 g/mol. The lowest BCUT2D eigenvalue weighted by Gasteiger charge is -2.29. The van der Waals surface area contributed by atoms with Crippen molar-refractivity contribution in [2.75, 3.05) is 13.1 Å². The number of amides is 1. The van der Waals surface area contributed by atoms with Gasteiger partial charge in [-0.2, -0.15) is 4.58 Å². The molecule has 0 saturated heterocycles. The summed E-state index contributed by atoms with van der Waals surface area (Å²) in [5.41, 5.74) is 6.93. The van der Waals surface area contributed by atoms with Gasteiger partial charge in [0, 0.05) is 55.1 Å². The first-order valence-electron chi connectivity index (χ1n) is 19.4. The van der Waals surface area contributed by atoms with Gasteiger partial charge in [0.15, 0.2) is 5.71 Å². The molecule has 3 aliphatic rings. The van der Waals surface area contributed by atoms with E-state index in [-0.39, 0.29) is 43.1 Å². The van der Waals surface area contributed by atoms with Gasteiger partial charge in [-0.1, -0.05) is 30.3 Å². The Hall–Kier alpha value is -4.17. The van der Waals surface area contributed by atoms with Crippen molar-refractivity contribution < 1.29 is 71.5 Å². The summed E-state index contributed by atoms with van der Waals surface area (Å²) in [6.07, 6.45) is 9.30. The molecule has 19 heteroatoms. The van der Waals surface area contributed by atoms with Crippen molar-refractivity contribution in [1.29, 1.82) is 0 Å². The fraction of sp³-hybridized carbons (Fsp3) is 0.366. The second-order valence-electron chi connectivity index (χ2n) is 15.5. The van der Waals surface area contributed by atoms with Crippen LogP contribution in [0.25, 0.3) is 6.08 Å². The van der Waals surface area contributed by atoms with Gasteiger partial charge in [-0.25, -0.2) is 4.57 Å². The molecule has 0 bridgehead atoms. The van der Waals surface area contributed by atoms with Crippen LogP contribution in [0.2, 0.25) is 0 Å². The molecule has 16 nitrogen and oxygen atoms in total. The highest BCUT2D eigenvalue weighted by molar-refractivity contribution is 7.72. The van der Waals surface area contributed by atoms with E-state index in [0.717, 1.165) is 58.7 Å². The van der Waals surface area contributed by atoms with Crippen LogP contribution in [0.1, 0.15) is 81.9 Å². The van der Waals surface area contributed by atoms with Crippen LogP contribution in [0.4, 0.5) is 5.69 Å². The number of hydrogen-bond acceptors (Lipinski definition) is 8. The number of aliphatic hydroxyl groups is 1. The van der Waals surface area contributed by atoms with Crippen molar-refractivity contribution >= 4 is 46.4 Å². The summed E-state index contributed by atoms with van der Waals surface area (Å²) in [7, 11) is -15.8. The first-order valence-corrected chi connectivity index (χ1v) is 24.2. The van der Waals surface area contributed by atoms with Crippen LogP contribution < -0.4 is 19.3 Å². The summed E-state index contributed by atoms with van der Waals surface area (Å²) in [5, 5.41) is 9.14. The van der Waals surface area contributed by atoms with Gasteiger partial charge in [0.2, 0.25) is 11.6 Å². The Labute approximate surface area is 347 Å². The molecular formula is C41H50N2O14P3+. The normalized spacial score (nSPS) is 16.5. The summed E-state index contributed by atoms with van der Waals surface area (Å²) in [6, 6.07) is 20.2. The van der Waals surface area contributed by atoms with Gasteiger partial charge >= 0.3 is 23.0 Å². The number of nitrogens with one attached hydrogen (secondary N) is 1. The molecule has 1 aliphatic carbocycles. The number of phosphoric acid groups is 1. The van der Waals surface area contributed by atoms with Crippen LogP contribution in [0.3, 0.4) is 0 Å². The fourth-order valence-electron chi connectivity index (χ4n) is 7.61. The van der Waals surface area contributed by atoms with Crippen molar-refractivity contribution in [2.45, 2.75) is 82.3 Å². The SMILES string of the molecule is CC1(C)C(/C=C/C2=C3Oc4cc(OCc5ccc(OP(=O)(O)O)cc5)ccc4C=C3CCC2)=[N+](CCCCC(=O)NCCCC(O)(P(=O)(O)O)P(=O)(O)O)c2ccccc21. The molecule has 0 radical (unpaired) electrons. The van der Waals surface area contributed by atoms with E-state index < -0.39 is 34.5 Å². The van der Waals surface area contributed by atoms with E-state index >= 15 is 0 Å². The maximum absolute atomic E-state index is 12.6. The Morgan fingerprint density at radius 1 is 0.900 bits per heavy atom. The Balaban J connectivity index is 1.11. The van der Waals surface area contributed by atoms with Crippen molar-refractivity contribution in [3.05, 3.63) is 112 Å². The van der Waals surface area contributed by atoms with Gasteiger partial charge in [0.1, 0.15) is 36.2 Å². The van der Waals surface area contributed by atoms with Crippen LogP contribution in [0.5, 0.6) is 17.2 Å². The maximum Gasteiger partial charge on any atom is 0.524 e. The summed E-state index contributed by atoms with van der Waals surface area (Å²) in [4.78, 5) is 67.9. The van der Waals surface area contributed by atoms with Gasteiger partial charge in [-0.15, -0.1) is 0 Å². The quantitative estimate of drug-likeness (QED) is 0.0378. The summed E-state index contributed by atoms with van der Waals surface area (Å²) in [5.74, 6) is 1.81. The van der Waals surface area contributed by atoms with Crippen molar-refractivity contribution in [1.82, 2.24) is 5.32 Å². The molecule has 0 atom stereocenters.